The van der Waals surface area contributed by atoms with E-state index in [1.165, 1.54) is 45.1 Å². The molecule has 2 aliphatic rings. The second kappa shape index (κ2) is 13.0. The van der Waals surface area contributed by atoms with Crippen molar-refractivity contribution in [1.82, 2.24) is 4.90 Å². The van der Waals surface area contributed by atoms with Gasteiger partial charge in [-0.2, -0.15) is 0 Å². The van der Waals surface area contributed by atoms with Gasteiger partial charge in [-0.25, -0.2) is 0 Å². The van der Waals surface area contributed by atoms with E-state index in [9.17, 15) is 4.79 Å². The fraction of sp³-hybridized carbons (Fsp3) is 0.720. The van der Waals surface area contributed by atoms with Crippen LogP contribution in [-0.4, -0.2) is 56.6 Å². The molecule has 1 saturated carbocycles. The van der Waals surface area contributed by atoms with Crippen molar-refractivity contribution in [3.8, 4) is 0 Å². The molecule has 3 rings (SSSR count). The number of Topliss-reactive ketones (excluding diaryl/α,β-unsaturated/α-hetero) is 1. The van der Waals surface area contributed by atoms with Crippen molar-refractivity contribution in [3.05, 3.63) is 28.2 Å². The van der Waals surface area contributed by atoms with Crippen molar-refractivity contribution in [2.75, 3.05) is 50.8 Å². The van der Waals surface area contributed by atoms with Gasteiger partial charge in [-0.15, -0.1) is 0 Å². The molecule has 174 valence electrons. The summed E-state index contributed by atoms with van der Waals surface area (Å²) < 4.78 is 5.20. The molecule has 0 atom stereocenters. The minimum absolute atomic E-state index is 0.258. The summed E-state index contributed by atoms with van der Waals surface area (Å²) in [6.45, 7) is 8.26. The van der Waals surface area contributed by atoms with E-state index in [1.54, 1.807) is 0 Å². The maximum atomic E-state index is 11.7. The number of anilines is 1. The van der Waals surface area contributed by atoms with Crippen LogP contribution in [0.3, 0.4) is 0 Å². The molecule has 31 heavy (non-hydrogen) atoms. The highest BCUT2D eigenvalue weighted by atomic mass is 35.5. The maximum Gasteiger partial charge on any atom is 0.158 e. The summed E-state index contributed by atoms with van der Waals surface area (Å²) in [4.78, 5) is 16.7. The zero-order valence-corrected chi connectivity index (χ0v) is 20.5. The molecule has 0 amide bonds. The first-order chi connectivity index (χ1) is 15.1. The summed E-state index contributed by atoms with van der Waals surface area (Å²) >= 11 is 12.6. The van der Waals surface area contributed by atoms with E-state index in [2.05, 4.69) is 15.9 Å². The van der Waals surface area contributed by atoms with Crippen LogP contribution in [0.15, 0.2) is 18.2 Å². The largest absolute Gasteiger partial charge is 0.374 e. The Hall–Kier alpha value is -0.810. The molecule has 1 aliphatic heterocycles. The van der Waals surface area contributed by atoms with E-state index in [0.717, 1.165) is 50.1 Å². The van der Waals surface area contributed by atoms with Gasteiger partial charge in [0.15, 0.2) is 5.78 Å². The van der Waals surface area contributed by atoms with Crippen LogP contribution >= 0.6 is 23.2 Å². The normalized spacial score (nSPS) is 22.6. The minimum atomic E-state index is 0.258. The highest BCUT2D eigenvalue weighted by molar-refractivity contribution is 6.43. The summed E-state index contributed by atoms with van der Waals surface area (Å²) in [7, 11) is 0. The Balaban J connectivity index is 1.28. The molecular formula is C25H38Cl2N2O2. The molecule has 0 N–H and O–H groups in total. The molecule has 1 aromatic carbocycles. The summed E-state index contributed by atoms with van der Waals surface area (Å²) in [6, 6.07) is 5.89. The van der Waals surface area contributed by atoms with Crippen LogP contribution in [0.5, 0.6) is 0 Å². The van der Waals surface area contributed by atoms with Crippen molar-refractivity contribution < 1.29 is 9.53 Å². The Labute approximate surface area is 198 Å². The van der Waals surface area contributed by atoms with Gasteiger partial charge < -0.3 is 9.64 Å². The number of carbonyl (C=O) groups excluding carboxylic acids is 1. The van der Waals surface area contributed by atoms with Crippen LogP contribution in [0.1, 0.15) is 58.3 Å². The standard InChI is InChI=1S/C25H38Cl2N2O2/c1-2-31-19-22(30)6-3-5-20-9-11-21(12-10-20)13-14-28-15-17-29(18-16-28)24-8-4-7-23(26)25(24)27/h4,7-8,20-21H,2-3,5-6,9-19H2,1H3. The molecule has 0 unspecified atom stereocenters. The fourth-order valence-electron chi connectivity index (χ4n) is 5.00. The maximum absolute atomic E-state index is 11.7. The lowest BCUT2D eigenvalue weighted by Crippen LogP contribution is -2.47. The van der Waals surface area contributed by atoms with Crippen molar-refractivity contribution >= 4 is 34.7 Å². The van der Waals surface area contributed by atoms with E-state index in [-0.39, 0.29) is 5.78 Å². The van der Waals surface area contributed by atoms with Crippen LogP contribution in [0.25, 0.3) is 0 Å². The van der Waals surface area contributed by atoms with Crippen molar-refractivity contribution in [2.24, 2.45) is 11.8 Å². The van der Waals surface area contributed by atoms with Gasteiger partial charge in [-0.1, -0.05) is 61.4 Å². The van der Waals surface area contributed by atoms with E-state index in [1.807, 2.05) is 19.1 Å². The number of rotatable bonds is 11. The van der Waals surface area contributed by atoms with Crippen molar-refractivity contribution in [3.63, 3.8) is 0 Å². The lowest BCUT2D eigenvalue weighted by Gasteiger charge is -2.37. The SMILES string of the molecule is CCOCC(=O)CCCC1CCC(CCN2CCN(c3cccc(Cl)c3Cl)CC2)CC1. The summed E-state index contributed by atoms with van der Waals surface area (Å²) in [6.07, 6.45) is 9.63. The first-order valence-electron chi connectivity index (χ1n) is 12.1. The Kier molecular flexibility index (Phi) is 10.4. The predicted octanol–water partition coefficient (Wildman–Crippen LogP) is 6.09. The van der Waals surface area contributed by atoms with Gasteiger partial charge in [0.05, 0.1) is 15.7 Å². The summed E-state index contributed by atoms with van der Waals surface area (Å²) in [5.74, 6) is 1.95. The molecule has 1 heterocycles. The Bertz CT molecular complexity index is 684. The number of carbonyl (C=O) groups is 1. The van der Waals surface area contributed by atoms with Gasteiger partial charge in [0.1, 0.15) is 6.61 Å². The highest BCUT2D eigenvalue weighted by Gasteiger charge is 2.24. The molecule has 4 nitrogen and oxygen atoms in total. The van der Waals surface area contributed by atoms with Gasteiger partial charge in [-0.3, -0.25) is 9.69 Å². The zero-order valence-electron chi connectivity index (χ0n) is 19.0. The van der Waals surface area contributed by atoms with E-state index >= 15 is 0 Å². The van der Waals surface area contributed by atoms with Crippen LogP contribution in [-0.2, 0) is 9.53 Å². The monoisotopic (exact) mass is 468 g/mol. The average Bonchev–Trinajstić information content (AvgIpc) is 2.79. The lowest BCUT2D eigenvalue weighted by molar-refractivity contribution is -0.123. The van der Waals surface area contributed by atoms with E-state index in [4.69, 9.17) is 27.9 Å². The third-order valence-corrected chi connectivity index (χ3v) is 7.81. The molecule has 1 aromatic rings. The predicted molar refractivity (Wildman–Crippen MR) is 131 cm³/mol. The number of nitrogens with zero attached hydrogens (tertiary/aromatic N) is 2. The molecule has 1 saturated heterocycles. The topological polar surface area (TPSA) is 32.8 Å². The van der Waals surface area contributed by atoms with Crippen LogP contribution in [0, 0.1) is 11.8 Å². The van der Waals surface area contributed by atoms with Crippen LogP contribution in [0.4, 0.5) is 5.69 Å². The number of ketones is 1. The molecule has 0 aromatic heterocycles. The smallest absolute Gasteiger partial charge is 0.158 e. The number of benzene rings is 1. The molecule has 0 radical (unpaired) electrons. The van der Waals surface area contributed by atoms with Gasteiger partial charge >= 0.3 is 0 Å². The molecule has 0 spiro atoms. The second-order valence-electron chi connectivity index (χ2n) is 9.15. The molecule has 0 bridgehead atoms. The van der Waals surface area contributed by atoms with Crippen molar-refractivity contribution in [1.29, 1.82) is 0 Å². The number of halogens is 2. The quantitative estimate of drug-likeness (QED) is 0.393. The minimum Gasteiger partial charge on any atom is -0.374 e. The van der Waals surface area contributed by atoms with Gasteiger partial charge in [0.2, 0.25) is 0 Å². The van der Waals surface area contributed by atoms with Gasteiger partial charge in [0.25, 0.3) is 0 Å². The number of ether oxygens (including phenoxy) is 1. The van der Waals surface area contributed by atoms with E-state index < -0.39 is 0 Å². The summed E-state index contributed by atoms with van der Waals surface area (Å²) in [5, 5.41) is 1.31. The van der Waals surface area contributed by atoms with Crippen LogP contribution in [0.2, 0.25) is 10.0 Å². The van der Waals surface area contributed by atoms with Gasteiger partial charge in [0, 0.05) is 39.2 Å². The average molecular weight is 469 g/mol. The molecule has 2 fully saturated rings. The van der Waals surface area contributed by atoms with Crippen molar-refractivity contribution in [2.45, 2.75) is 58.3 Å². The summed E-state index contributed by atoms with van der Waals surface area (Å²) in [5.41, 5.74) is 1.06. The fourth-order valence-corrected chi connectivity index (χ4v) is 5.41. The third kappa shape index (κ3) is 7.92. The van der Waals surface area contributed by atoms with Crippen LogP contribution < -0.4 is 4.90 Å². The Morgan fingerprint density at radius 1 is 1.03 bits per heavy atom. The number of hydrogen-bond donors (Lipinski definition) is 0. The molecule has 1 aliphatic carbocycles. The Morgan fingerprint density at radius 3 is 2.39 bits per heavy atom. The third-order valence-electron chi connectivity index (χ3n) is 7.00. The lowest BCUT2D eigenvalue weighted by atomic mass is 9.78. The van der Waals surface area contributed by atoms with E-state index in [0.29, 0.717) is 29.7 Å². The zero-order chi connectivity index (χ0) is 22.1. The first-order valence-corrected chi connectivity index (χ1v) is 12.8. The molecular weight excluding hydrogens is 431 g/mol. The second-order valence-corrected chi connectivity index (χ2v) is 9.93. The van der Waals surface area contributed by atoms with Gasteiger partial charge in [-0.05, 0) is 50.3 Å². The molecule has 6 heteroatoms. The Morgan fingerprint density at radius 2 is 1.71 bits per heavy atom. The highest BCUT2D eigenvalue weighted by Crippen LogP contribution is 2.35. The number of hydrogen-bond acceptors (Lipinski definition) is 4. The number of piperazine rings is 1. The first kappa shape index (κ1) is 24.8.